The van der Waals surface area contributed by atoms with Crippen LogP contribution in [0.5, 0.6) is 0 Å². The number of carbonyl (C=O) groups is 1. The van der Waals surface area contributed by atoms with Crippen LogP contribution in [0.15, 0.2) is 27.6 Å². The highest BCUT2D eigenvalue weighted by atomic mass is 16.5. The molecule has 7 nitrogen and oxygen atoms in total. The number of amides is 1. The molecule has 1 atom stereocenters. The molecule has 1 aliphatic heterocycles. The van der Waals surface area contributed by atoms with Gasteiger partial charge < -0.3 is 14.4 Å². The minimum Gasteiger partial charge on any atom is -0.339 e. The van der Waals surface area contributed by atoms with Gasteiger partial charge in [-0.1, -0.05) is 12.1 Å². The zero-order chi connectivity index (χ0) is 15.5. The van der Waals surface area contributed by atoms with Crippen LogP contribution in [0, 0.1) is 0 Å². The van der Waals surface area contributed by atoms with Crippen molar-refractivity contribution in [1.82, 2.24) is 20.0 Å². The molecule has 3 heterocycles. The minimum atomic E-state index is -0.216. The number of nitrogens with one attached hydrogen (secondary N) is 1. The van der Waals surface area contributed by atoms with Crippen molar-refractivity contribution in [3.63, 3.8) is 0 Å². The van der Waals surface area contributed by atoms with Gasteiger partial charge in [-0.15, -0.1) is 0 Å². The Morgan fingerprint density at radius 1 is 1.50 bits per heavy atom. The molecule has 1 saturated heterocycles. The zero-order valence-corrected chi connectivity index (χ0v) is 12.4. The molecule has 22 heavy (non-hydrogen) atoms. The van der Waals surface area contributed by atoms with Crippen molar-refractivity contribution < 1.29 is 9.32 Å². The van der Waals surface area contributed by atoms with Crippen molar-refractivity contribution in [3.8, 4) is 0 Å². The largest absolute Gasteiger partial charge is 0.339 e. The SMILES string of the molecule is CCc1nc([C@@H]2CCCN(C(=O)c3ccc(=O)[nH]c3)C2)no1. The number of hydrogen-bond donors (Lipinski definition) is 1. The summed E-state index contributed by atoms with van der Waals surface area (Å²) in [5.74, 6) is 1.32. The quantitative estimate of drug-likeness (QED) is 0.923. The van der Waals surface area contributed by atoms with Crippen molar-refractivity contribution in [2.24, 2.45) is 0 Å². The van der Waals surface area contributed by atoms with Gasteiger partial charge >= 0.3 is 0 Å². The number of H-pyrrole nitrogens is 1. The molecule has 116 valence electrons. The first kappa shape index (κ1) is 14.5. The summed E-state index contributed by atoms with van der Waals surface area (Å²) in [4.78, 5) is 32.2. The highest BCUT2D eigenvalue weighted by Crippen LogP contribution is 2.25. The lowest BCUT2D eigenvalue weighted by Gasteiger charge is -2.31. The fraction of sp³-hybridized carbons (Fsp3) is 0.467. The van der Waals surface area contributed by atoms with Crippen molar-refractivity contribution in [2.75, 3.05) is 13.1 Å². The Bertz CT molecular complexity index is 701. The molecule has 7 heteroatoms. The number of nitrogens with zero attached hydrogens (tertiary/aromatic N) is 3. The number of aryl methyl sites for hydroxylation is 1. The van der Waals surface area contributed by atoms with E-state index >= 15 is 0 Å². The summed E-state index contributed by atoms with van der Waals surface area (Å²) in [5, 5.41) is 4.02. The molecule has 1 fully saturated rings. The monoisotopic (exact) mass is 302 g/mol. The lowest BCUT2D eigenvalue weighted by atomic mass is 9.97. The number of rotatable bonds is 3. The summed E-state index contributed by atoms with van der Waals surface area (Å²) >= 11 is 0. The van der Waals surface area contributed by atoms with Crippen LogP contribution in [-0.4, -0.2) is 39.0 Å². The van der Waals surface area contributed by atoms with Gasteiger partial charge in [-0.2, -0.15) is 4.98 Å². The van der Waals surface area contributed by atoms with Crippen LogP contribution in [0.4, 0.5) is 0 Å². The van der Waals surface area contributed by atoms with Crippen LogP contribution in [0.3, 0.4) is 0 Å². The third kappa shape index (κ3) is 2.93. The Labute approximate surface area is 127 Å². The number of likely N-dealkylation sites (tertiary alicyclic amines) is 1. The molecule has 3 rings (SSSR count). The molecule has 0 unspecified atom stereocenters. The van der Waals surface area contributed by atoms with E-state index in [2.05, 4.69) is 15.1 Å². The molecule has 0 spiro atoms. The molecule has 0 aromatic carbocycles. The average Bonchev–Trinajstić information content (AvgIpc) is 3.04. The Hall–Kier alpha value is -2.44. The van der Waals surface area contributed by atoms with E-state index < -0.39 is 0 Å². The standard InChI is InChI=1S/C15H18N4O3/c1-2-13-17-14(18-22-13)11-4-3-7-19(9-11)15(21)10-5-6-12(20)16-8-10/h5-6,8,11H,2-4,7,9H2,1H3,(H,16,20)/t11-/m1/s1. The van der Waals surface area contributed by atoms with Crippen LogP contribution < -0.4 is 5.56 Å². The fourth-order valence-electron chi connectivity index (χ4n) is 2.68. The highest BCUT2D eigenvalue weighted by Gasteiger charge is 2.28. The predicted octanol–water partition coefficient (Wildman–Crippen LogP) is 1.34. The molecule has 1 amide bonds. The molecule has 0 aliphatic carbocycles. The topological polar surface area (TPSA) is 92.1 Å². The third-order valence-electron chi connectivity index (χ3n) is 3.89. The minimum absolute atomic E-state index is 0.0832. The second-order valence-electron chi connectivity index (χ2n) is 5.43. The van der Waals surface area contributed by atoms with Crippen LogP contribution in [0.2, 0.25) is 0 Å². The van der Waals surface area contributed by atoms with E-state index in [1.165, 1.54) is 12.3 Å². The van der Waals surface area contributed by atoms with Crippen LogP contribution in [0.25, 0.3) is 0 Å². The first-order valence-electron chi connectivity index (χ1n) is 7.48. The van der Waals surface area contributed by atoms with Crippen LogP contribution >= 0.6 is 0 Å². The maximum atomic E-state index is 12.5. The smallest absolute Gasteiger partial charge is 0.255 e. The lowest BCUT2D eigenvalue weighted by Crippen LogP contribution is -2.39. The zero-order valence-electron chi connectivity index (χ0n) is 12.4. The first-order chi connectivity index (χ1) is 10.7. The number of piperidine rings is 1. The molecule has 1 aliphatic rings. The fourth-order valence-corrected chi connectivity index (χ4v) is 2.68. The van der Waals surface area contributed by atoms with Gasteiger partial charge in [-0.3, -0.25) is 9.59 Å². The van der Waals surface area contributed by atoms with Gasteiger partial charge in [0, 0.05) is 37.7 Å². The van der Waals surface area contributed by atoms with Gasteiger partial charge in [0.15, 0.2) is 5.82 Å². The van der Waals surface area contributed by atoms with Gasteiger partial charge in [-0.05, 0) is 18.9 Å². The molecule has 2 aromatic heterocycles. The van der Waals surface area contributed by atoms with Crippen LogP contribution in [0.1, 0.15) is 47.8 Å². The van der Waals surface area contributed by atoms with E-state index in [0.717, 1.165) is 12.8 Å². The van der Waals surface area contributed by atoms with Crippen molar-refractivity contribution >= 4 is 5.91 Å². The molecule has 0 saturated carbocycles. The van der Waals surface area contributed by atoms with E-state index in [1.807, 2.05) is 6.92 Å². The van der Waals surface area contributed by atoms with Gasteiger partial charge in [0.25, 0.3) is 5.91 Å². The predicted molar refractivity (Wildman–Crippen MR) is 78.6 cm³/mol. The highest BCUT2D eigenvalue weighted by molar-refractivity contribution is 5.93. The Kier molecular flexibility index (Phi) is 4.04. The van der Waals surface area contributed by atoms with Crippen molar-refractivity contribution in [2.45, 2.75) is 32.1 Å². The van der Waals surface area contributed by atoms with Crippen molar-refractivity contribution in [1.29, 1.82) is 0 Å². The normalized spacial score (nSPS) is 18.4. The van der Waals surface area contributed by atoms with Crippen molar-refractivity contribution in [3.05, 3.63) is 46.0 Å². The number of aromatic nitrogens is 3. The molecule has 0 bridgehead atoms. The maximum absolute atomic E-state index is 12.5. The Balaban J connectivity index is 1.73. The Morgan fingerprint density at radius 3 is 3.05 bits per heavy atom. The van der Waals surface area contributed by atoms with Gasteiger partial charge in [-0.25, -0.2) is 0 Å². The van der Waals surface area contributed by atoms with E-state index in [4.69, 9.17) is 4.52 Å². The summed E-state index contributed by atoms with van der Waals surface area (Å²) in [6.45, 7) is 3.23. The number of hydrogen-bond acceptors (Lipinski definition) is 5. The molecular formula is C15H18N4O3. The third-order valence-corrected chi connectivity index (χ3v) is 3.89. The molecule has 2 aromatic rings. The summed E-state index contributed by atoms with van der Waals surface area (Å²) in [6.07, 6.45) is 4.01. The Morgan fingerprint density at radius 2 is 2.36 bits per heavy atom. The number of aromatic amines is 1. The summed E-state index contributed by atoms with van der Waals surface area (Å²) in [6, 6.07) is 2.91. The molecule has 0 radical (unpaired) electrons. The number of carbonyl (C=O) groups excluding carboxylic acids is 1. The second kappa shape index (κ2) is 6.13. The van der Waals surface area contributed by atoms with E-state index in [1.54, 1.807) is 11.0 Å². The summed E-state index contributed by atoms with van der Waals surface area (Å²) in [5.41, 5.74) is 0.273. The van der Waals surface area contributed by atoms with Gasteiger partial charge in [0.2, 0.25) is 11.4 Å². The van der Waals surface area contributed by atoms with Gasteiger partial charge in [0.05, 0.1) is 5.56 Å². The summed E-state index contributed by atoms with van der Waals surface area (Å²) < 4.78 is 5.16. The van der Waals surface area contributed by atoms with E-state index in [-0.39, 0.29) is 17.4 Å². The average molecular weight is 302 g/mol. The van der Waals surface area contributed by atoms with Crippen LogP contribution in [-0.2, 0) is 6.42 Å². The molecule has 1 N–H and O–H groups in total. The van der Waals surface area contributed by atoms with E-state index in [0.29, 0.717) is 36.8 Å². The first-order valence-corrected chi connectivity index (χ1v) is 7.48. The maximum Gasteiger partial charge on any atom is 0.255 e. The lowest BCUT2D eigenvalue weighted by molar-refractivity contribution is 0.0703. The second-order valence-corrected chi connectivity index (χ2v) is 5.43. The number of pyridine rings is 1. The summed E-state index contributed by atoms with van der Waals surface area (Å²) in [7, 11) is 0. The van der Waals surface area contributed by atoms with E-state index in [9.17, 15) is 9.59 Å². The molecular weight excluding hydrogens is 284 g/mol. The van der Waals surface area contributed by atoms with Gasteiger partial charge in [0.1, 0.15) is 0 Å².